The van der Waals surface area contributed by atoms with Crippen LogP contribution in [-0.4, -0.2) is 16.2 Å². The highest BCUT2D eigenvalue weighted by atomic mass is 16.4. The number of nitrogens with zero attached hydrogens (tertiary/aromatic N) is 1. The quantitative estimate of drug-likeness (QED) is 0.600. The minimum absolute atomic E-state index is 0.216. The van der Waals surface area contributed by atoms with E-state index in [4.69, 9.17) is 4.42 Å². The van der Waals surface area contributed by atoms with E-state index < -0.39 is 0 Å². The number of fused-ring (bicyclic) bond motifs is 1. The third-order valence-electron chi connectivity index (χ3n) is 2.02. The molecule has 0 amide bonds. The Morgan fingerprint density at radius 1 is 1.64 bits per heavy atom. The molecule has 0 radical (unpaired) electrons. The second-order valence-corrected chi connectivity index (χ2v) is 3.00. The average Bonchev–Trinajstić information content (AvgIpc) is 2.27. The first kappa shape index (κ1) is 6.85. The number of rotatable bonds is 0. The van der Waals surface area contributed by atoms with E-state index in [2.05, 4.69) is 4.98 Å². The van der Waals surface area contributed by atoms with Crippen molar-refractivity contribution in [1.82, 2.24) is 4.98 Å². The maximum Gasteiger partial charge on any atom is 0.191 e. The van der Waals surface area contributed by atoms with E-state index in [-0.39, 0.29) is 6.10 Å². The first-order valence-electron chi connectivity index (χ1n) is 3.89. The van der Waals surface area contributed by atoms with Gasteiger partial charge in [-0.05, 0) is 6.42 Å². The van der Waals surface area contributed by atoms with Gasteiger partial charge in [-0.3, -0.25) is 0 Å². The predicted molar refractivity (Wildman–Crippen MR) is 39.3 cm³/mol. The minimum Gasteiger partial charge on any atom is -0.446 e. The second kappa shape index (κ2) is 2.34. The molecule has 1 N–H and O–H groups in total. The largest absolute Gasteiger partial charge is 0.446 e. The second-order valence-electron chi connectivity index (χ2n) is 3.00. The van der Waals surface area contributed by atoms with E-state index in [1.54, 1.807) is 0 Å². The van der Waals surface area contributed by atoms with Crippen LogP contribution in [0.15, 0.2) is 4.42 Å². The molecule has 60 valence electrons. The Morgan fingerprint density at radius 3 is 3.27 bits per heavy atom. The summed E-state index contributed by atoms with van der Waals surface area (Å²) in [5, 5.41) is 9.28. The van der Waals surface area contributed by atoms with Crippen LogP contribution in [0.25, 0.3) is 0 Å². The molecule has 1 unspecified atom stereocenters. The monoisotopic (exact) mass is 153 g/mol. The van der Waals surface area contributed by atoms with Crippen molar-refractivity contribution in [2.45, 2.75) is 32.3 Å². The lowest BCUT2D eigenvalue weighted by atomic mass is 9.99. The lowest BCUT2D eigenvalue weighted by molar-refractivity contribution is 0.153. The predicted octanol–water partition coefficient (Wildman–Crippen LogP) is 0.833. The number of hydrogen-bond acceptors (Lipinski definition) is 3. The van der Waals surface area contributed by atoms with Crippen molar-refractivity contribution in [2.24, 2.45) is 0 Å². The van der Waals surface area contributed by atoms with Crippen molar-refractivity contribution in [3.8, 4) is 0 Å². The van der Waals surface area contributed by atoms with Crippen molar-refractivity contribution in [1.29, 1.82) is 0 Å². The zero-order valence-electron chi connectivity index (χ0n) is 6.50. The fourth-order valence-electron chi connectivity index (χ4n) is 1.49. The van der Waals surface area contributed by atoms with Crippen LogP contribution in [-0.2, 0) is 12.8 Å². The fourth-order valence-corrected chi connectivity index (χ4v) is 1.49. The van der Waals surface area contributed by atoms with Gasteiger partial charge in [0.15, 0.2) is 5.89 Å². The molecule has 2 rings (SSSR count). The van der Waals surface area contributed by atoms with Crippen molar-refractivity contribution >= 4 is 0 Å². The Kier molecular flexibility index (Phi) is 1.46. The van der Waals surface area contributed by atoms with Crippen molar-refractivity contribution in [3.05, 3.63) is 17.3 Å². The van der Waals surface area contributed by atoms with Gasteiger partial charge in [0.2, 0.25) is 0 Å². The maximum absolute atomic E-state index is 9.28. The van der Waals surface area contributed by atoms with Crippen molar-refractivity contribution < 1.29 is 9.52 Å². The molecule has 0 fully saturated rings. The summed E-state index contributed by atoms with van der Waals surface area (Å²) in [7, 11) is 0. The van der Waals surface area contributed by atoms with Gasteiger partial charge in [-0.2, -0.15) is 0 Å². The van der Waals surface area contributed by atoms with Crippen LogP contribution >= 0.6 is 0 Å². The highest BCUT2D eigenvalue weighted by molar-refractivity contribution is 5.14. The summed E-state index contributed by atoms with van der Waals surface area (Å²) in [6.45, 7) is 1.84. The van der Waals surface area contributed by atoms with Gasteiger partial charge >= 0.3 is 0 Å². The van der Waals surface area contributed by atoms with Crippen LogP contribution in [0.5, 0.6) is 0 Å². The fraction of sp³-hybridized carbons (Fsp3) is 0.625. The number of aryl methyl sites for hydroxylation is 2. The Bertz CT molecular complexity index is 267. The van der Waals surface area contributed by atoms with E-state index >= 15 is 0 Å². The molecule has 1 heterocycles. The summed E-state index contributed by atoms with van der Waals surface area (Å²) in [5.74, 6) is 1.68. The molecule has 3 nitrogen and oxygen atoms in total. The molecule has 0 aliphatic heterocycles. The Labute approximate surface area is 65.1 Å². The van der Waals surface area contributed by atoms with Crippen LogP contribution in [0.3, 0.4) is 0 Å². The van der Waals surface area contributed by atoms with Crippen LogP contribution in [0.4, 0.5) is 0 Å². The molecule has 1 atom stereocenters. The lowest BCUT2D eigenvalue weighted by Crippen LogP contribution is -2.17. The van der Waals surface area contributed by atoms with Gasteiger partial charge in [0.25, 0.3) is 0 Å². The van der Waals surface area contributed by atoms with E-state index in [9.17, 15) is 5.11 Å². The summed E-state index contributed by atoms with van der Waals surface area (Å²) in [6, 6.07) is 0. The highest BCUT2D eigenvalue weighted by Crippen LogP contribution is 2.21. The minimum atomic E-state index is -0.216. The summed E-state index contributed by atoms with van der Waals surface area (Å²) >= 11 is 0. The third kappa shape index (κ3) is 1.16. The lowest BCUT2D eigenvalue weighted by Gasteiger charge is -2.13. The van der Waals surface area contributed by atoms with Gasteiger partial charge in [-0.25, -0.2) is 4.98 Å². The van der Waals surface area contributed by atoms with Crippen LogP contribution in [0.1, 0.15) is 23.8 Å². The smallest absolute Gasteiger partial charge is 0.191 e. The summed E-state index contributed by atoms with van der Waals surface area (Å²) in [4.78, 5) is 4.17. The van der Waals surface area contributed by atoms with E-state index in [0.717, 1.165) is 24.3 Å². The van der Waals surface area contributed by atoms with E-state index in [0.29, 0.717) is 12.3 Å². The van der Waals surface area contributed by atoms with Gasteiger partial charge in [-0.1, -0.05) is 0 Å². The van der Waals surface area contributed by atoms with Crippen LogP contribution in [0, 0.1) is 6.92 Å². The number of oxazole rings is 1. The molecular weight excluding hydrogens is 142 g/mol. The average molecular weight is 153 g/mol. The summed E-state index contributed by atoms with van der Waals surface area (Å²) in [6.07, 6.45) is 2.08. The van der Waals surface area contributed by atoms with Gasteiger partial charge in [-0.15, -0.1) is 0 Å². The molecule has 0 spiro atoms. The van der Waals surface area contributed by atoms with Gasteiger partial charge in [0, 0.05) is 19.8 Å². The Hall–Kier alpha value is -0.830. The SMILES string of the molecule is Cc1nc2c(o1)CCC(O)C2. The number of aliphatic hydroxyl groups is 1. The number of hydrogen-bond donors (Lipinski definition) is 1. The van der Waals surface area contributed by atoms with Gasteiger partial charge < -0.3 is 9.52 Å². The van der Waals surface area contributed by atoms with Gasteiger partial charge in [0.1, 0.15) is 5.76 Å². The normalized spacial score (nSPS) is 23.3. The number of aliphatic hydroxyl groups excluding tert-OH is 1. The topological polar surface area (TPSA) is 46.3 Å². The van der Waals surface area contributed by atoms with Crippen molar-refractivity contribution in [3.63, 3.8) is 0 Å². The molecule has 0 saturated carbocycles. The molecule has 1 aromatic rings. The first-order valence-corrected chi connectivity index (χ1v) is 3.89. The van der Waals surface area contributed by atoms with Gasteiger partial charge in [0.05, 0.1) is 11.8 Å². The standard InChI is InChI=1S/C8H11NO2/c1-5-9-7-4-6(10)2-3-8(7)11-5/h6,10H,2-4H2,1H3. The van der Waals surface area contributed by atoms with Crippen LogP contribution in [0.2, 0.25) is 0 Å². The molecule has 0 bridgehead atoms. The molecule has 0 aromatic carbocycles. The van der Waals surface area contributed by atoms with E-state index in [1.807, 2.05) is 6.92 Å². The molecule has 11 heavy (non-hydrogen) atoms. The highest BCUT2D eigenvalue weighted by Gasteiger charge is 2.20. The molecule has 1 aliphatic rings. The molecule has 3 heteroatoms. The molecule has 1 aliphatic carbocycles. The van der Waals surface area contributed by atoms with E-state index in [1.165, 1.54) is 0 Å². The molecule has 0 saturated heterocycles. The first-order chi connectivity index (χ1) is 5.25. The molecular formula is C8H11NO2. The zero-order chi connectivity index (χ0) is 7.84. The maximum atomic E-state index is 9.28. The summed E-state index contributed by atoms with van der Waals surface area (Å²) in [5.41, 5.74) is 0.946. The van der Waals surface area contributed by atoms with Crippen molar-refractivity contribution in [2.75, 3.05) is 0 Å². The molecule has 1 aromatic heterocycles. The zero-order valence-corrected chi connectivity index (χ0v) is 6.50. The Morgan fingerprint density at radius 2 is 2.45 bits per heavy atom. The third-order valence-corrected chi connectivity index (χ3v) is 2.02. The number of aromatic nitrogens is 1. The summed E-state index contributed by atoms with van der Waals surface area (Å²) < 4.78 is 5.33. The Balaban J connectivity index is 2.34. The van der Waals surface area contributed by atoms with Crippen LogP contribution < -0.4 is 0 Å².